The monoisotopic (exact) mass is 392 g/mol. The number of aliphatic hydroxyl groups excluding tert-OH is 6. The molecule has 0 rings (SSSR count). The van der Waals surface area contributed by atoms with Gasteiger partial charge >= 0.3 is 0 Å². The van der Waals surface area contributed by atoms with Crippen LogP contribution in [0.2, 0.25) is 0 Å². The summed E-state index contributed by atoms with van der Waals surface area (Å²) in [5, 5.41) is 56.7. The van der Waals surface area contributed by atoms with Gasteiger partial charge in [-0.1, -0.05) is 7.43 Å². The Morgan fingerprint density at radius 1 is 0.667 bits per heavy atom. The Labute approximate surface area is 147 Å². The van der Waals surface area contributed by atoms with Gasteiger partial charge in [0.05, 0.1) is 26.8 Å². The van der Waals surface area contributed by atoms with Crippen LogP contribution in [-0.4, -0.2) is 94.8 Å². The maximum absolute atomic E-state index is 9.45. The molecule has 0 aliphatic rings. The van der Waals surface area contributed by atoms with Crippen LogP contribution in [0.15, 0.2) is 0 Å². The first-order chi connectivity index (χ1) is 11.0. The third-order valence-electron chi connectivity index (χ3n) is 4.55. The summed E-state index contributed by atoms with van der Waals surface area (Å²) in [5.74, 6) is 0.239. The molecule has 0 aliphatic carbocycles. The van der Waals surface area contributed by atoms with Crippen LogP contribution in [0.1, 0.15) is 26.7 Å². The zero-order valence-electron chi connectivity index (χ0n) is 14.0. The van der Waals surface area contributed by atoms with E-state index in [4.69, 9.17) is 4.74 Å². The highest BCUT2D eigenvalue weighted by atomic mass is 31.2. The van der Waals surface area contributed by atoms with Gasteiger partial charge < -0.3 is 35.4 Å². The molecule has 0 saturated carbocycles. The van der Waals surface area contributed by atoms with Crippen molar-refractivity contribution in [3.63, 3.8) is 0 Å². The maximum Gasteiger partial charge on any atom is 0.158 e. The molecule has 24 heavy (non-hydrogen) atoms. The number of hydrogen-bond acceptors (Lipinski definition) is 7. The van der Waals surface area contributed by atoms with Crippen molar-refractivity contribution >= 4 is 14.5 Å². The molecule has 0 saturated heterocycles. The third-order valence-corrected chi connectivity index (χ3v) is 10.6. The van der Waals surface area contributed by atoms with E-state index in [1.165, 1.54) is 0 Å². The van der Waals surface area contributed by atoms with E-state index in [9.17, 15) is 30.6 Å². The van der Waals surface area contributed by atoms with Crippen LogP contribution in [0.25, 0.3) is 0 Å². The van der Waals surface area contributed by atoms with Gasteiger partial charge in [-0.3, -0.25) is 0 Å². The molecular formula is C15H38O7P2+2. The smallest absolute Gasteiger partial charge is 0.158 e. The Morgan fingerprint density at radius 3 is 1.25 bits per heavy atom. The molecular weight excluding hydrogens is 354 g/mol. The lowest BCUT2D eigenvalue weighted by atomic mass is 10.00. The van der Waals surface area contributed by atoms with Crippen LogP contribution < -0.4 is 0 Å². The first kappa shape index (κ1) is 26.8. The van der Waals surface area contributed by atoms with Crippen molar-refractivity contribution in [1.29, 1.82) is 0 Å². The standard InChI is InChI=1S/C14H34O7P2.CH4/c1-21-5-2-14(3-6-22(8-15,9-16)10-17)4-7-23(11-18,12-19)13-20;/h14-20H,2-13H2,1H3;1H4/q+2;. The summed E-state index contributed by atoms with van der Waals surface area (Å²) >= 11 is 0. The Morgan fingerprint density at radius 2 is 1.00 bits per heavy atom. The van der Waals surface area contributed by atoms with Crippen molar-refractivity contribution in [3.05, 3.63) is 0 Å². The number of methoxy groups -OCH3 is 1. The highest BCUT2D eigenvalue weighted by molar-refractivity contribution is 7.75. The van der Waals surface area contributed by atoms with Crippen molar-refractivity contribution in [2.24, 2.45) is 5.92 Å². The van der Waals surface area contributed by atoms with Crippen molar-refractivity contribution in [2.75, 3.05) is 64.1 Å². The molecule has 6 N–H and O–H groups in total. The lowest BCUT2D eigenvalue weighted by molar-refractivity contribution is 0.175. The SMILES string of the molecule is C.COCCC(CC[P+](CO)(CO)CO)CC[P+](CO)(CO)CO. The summed E-state index contributed by atoms with van der Waals surface area (Å²) < 4.78 is 5.12. The lowest BCUT2D eigenvalue weighted by Crippen LogP contribution is -2.18. The average molecular weight is 392 g/mol. The molecule has 0 radical (unpaired) electrons. The fourth-order valence-electron chi connectivity index (χ4n) is 2.32. The third kappa shape index (κ3) is 8.79. The van der Waals surface area contributed by atoms with Gasteiger partial charge in [-0.05, 0) is 25.2 Å². The lowest BCUT2D eigenvalue weighted by Gasteiger charge is -2.26. The maximum atomic E-state index is 9.45. The minimum Gasteiger partial charge on any atom is -0.385 e. The van der Waals surface area contributed by atoms with Crippen LogP contribution in [0.5, 0.6) is 0 Å². The molecule has 0 heterocycles. The van der Waals surface area contributed by atoms with E-state index in [-0.39, 0.29) is 51.4 Å². The molecule has 0 amide bonds. The van der Waals surface area contributed by atoms with Crippen LogP contribution in [0.4, 0.5) is 0 Å². The first-order valence-corrected chi connectivity index (χ1v) is 12.9. The zero-order chi connectivity index (χ0) is 17.8. The Kier molecular flexibility index (Phi) is 16.4. The van der Waals surface area contributed by atoms with Crippen LogP contribution in [0, 0.1) is 5.92 Å². The minimum absolute atomic E-state index is 0. The Bertz CT molecular complexity index is 246. The molecule has 0 aromatic rings. The number of rotatable bonds is 15. The van der Waals surface area contributed by atoms with Crippen molar-refractivity contribution < 1.29 is 35.4 Å². The largest absolute Gasteiger partial charge is 0.385 e. The Hall–Kier alpha value is 0.580. The molecule has 0 atom stereocenters. The summed E-state index contributed by atoms with van der Waals surface area (Å²) in [7, 11) is -2.63. The minimum atomic E-state index is -2.12. The molecule has 0 aromatic carbocycles. The van der Waals surface area contributed by atoms with Gasteiger partial charge in [0.25, 0.3) is 0 Å². The first-order valence-electron chi connectivity index (χ1n) is 7.85. The number of aliphatic hydroxyl groups is 6. The van der Waals surface area contributed by atoms with Crippen molar-refractivity contribution in [3.8, 4) is 0 Å². The second-order valence-electron chi connectivity index (χ2n) is 6.20. The zero-order valence-corrected chi connectivity index (χ0v) is 15.8. The van der Waals surface area contributed by atoms with E-state index < -0.39 is 14.5 Å². The number of hydrogen-bond donors (Lipinski definition) is 6. The fourth-order valence-corrected chi connectivity index (χ4v) is 5.53. The summed E-state index contributed by atoms with van der Waals surface area (Å²) in [6.07, 6.45) is 2.44. The highest BCUT2D eigenvalue weighted by Gasteiger charge is 2.38. The van der Waals surface area contributed by atoms with Crippen molar-refractivity contribution in [1.82, 2.24) is 0 Å². The van der Waals surface area contributed by atoms with E-state index in [0.29, 0.717) is 18.9 Å². The van der Waals surface area contributed by atoms with E-state index in [1.807, 2.05) is 0 Å². The summed E-state index contributed by atoms with van der Waals surface area (Å²) in [6, 6.07) is 0. The van der Waals surface area contributed by atoms with E-state index in [1.54, 1.807) is 7.11 Å². The van der Waals surface area contributed by atoms with E-state index >= 15 is 0 Å². The van der Waals surface area contributed by atoms with Gasteiger partial charge in [0.2, 0.25) is 0 Å². The predicted octanol–water partition coefficient (Wildman–Crippen LogP) is 0.789. The van der Waals surface area contributed by atoms with Gasteiger partial charge in [-0.15, -0.1) is 0 Å². The van der Waals surface area contributed by atoms with Crippen LogP contribution in [0.3, 0.4) is 0 Å². The molecule has 7 nitrogen and oxygen atoms in total. The number of ether oxygens (including phenoxy) is 1. The normalized spacial score (nSPS) is 12.5. The van der Waals surface area contributed by atoms with Gasteiger partial charge in [0.15, 0.2) is 38.1 Å². The van der Waals surface area contributed by atoms with Gasteiger partial charge in [0.1, 0.15) is 0 Å². The molecule has 0 unspecified atom stereocenters. The summed E-state index contributed by atoms with van der Waals surface area (Å²) in [4.78, 5) is 0. The van der Waals surface area contributed by atoms with Gasteiger partial charge in [-0.25, -0.2) is 0 Å². The summed E-state index contributed by atoms with van der Waals surface area (Å²) in [5.41, 5.74) is 0. The Balaban J connectivity index is 0. The van der Waals surface area contributed by atoms with E-state index in [2.05, 4.69) is 0 Å². The second kappa shape index (κ2) is 14.7. The molecule has 0 aliphatic heterocycles. The predicted molar refractivity (Wildman–Crippen MR) is 102 cm³/mol. The molecule has 0 aromatic heterocycles. The highest BCUT2D eigenvalue weighted by Crippen LogP contribution is 2.59. The van der Waals surface area contributed by atoms with Gasteiger partial charge in [-0.2, -0.15) is 0 Å². The molecule has 0 fully saturated rings. The second-order valence-corrected chi connectivity index (χ2v) is 14.2. The molecule has 9 heteroatoms. The van der Waals surface area contributed by atoms with Crippen LogP contribution in [-0.2, 0) is 4.74 Å². The molecule has 148 valence electrons. The van der Waals surface area contributed by atoms with E-state index in [0.717, 1.165) is 19.3 Å². The van der Waals surface area contributed by atoms with Crippen LogP contribution >= 0.6 is 14.5 Å². The summed E-state index contributed by atoms with van der Waals surface area (Å²) in [6.45, 7) is 0.580. The quantitative estimate of drug-likeness (QED) is 0.227. The van der Waals surface area contributed by atoms with Crippen molar-refractivity contribution in [2.45, 2.75) is 26.7 Å². The molecule has 0 bridgehead atoms. The topological polar surface area (TPSA) is 131 Å². The fraction of sp³-hybridized carbons (Fsp3) is 1.00. The average Bonchev–Trinajstić information content (AvgIpc) is 2.61. The van der Waals surface area contributed by atoms with Gasteiger partial charge in [0, 0.05) is 13.7 Å². The molecule has 0 spiro atoms.